The number of rotatable bonds is 3. The van der Waals surface area contributed by atoms with E-state index >= 15 is 0 Å². The summed E-state index contributed by atoms with van der Waals surface area (Å²) in [7, 11) is 0. The van der Waals surface area contributed by atoms with E-state index in [1.54, 1.807) is 0 Å². The number of likely N-dealkylation sites (tertiary alicyclic amines) is 1. The van der Waals surface area contributed by atoms with E-state index in [9.17, 15) is 9.59 Å². The first-order valence-corrected chi connectivity index (χ1v) is 8.06. The van der Waals surface area contributed by atoms with Crippen LogP contribution in [-0.2, 0) is 0 Å². The van der Waals surface area contributed by atoms with Crippen LogP contribution < -0.4 is 0 Å². The third kappa shape index (κ3) is 2.89. The fourth-order valence-electron chi connectivity index (χ4n) is 3.55. The molecule has 5 nitrogen and oxygen atoms in total. The number of carboxylic acid groups (broad SMARTS) is 1. The smallest absolute Gasteiger partial charge is 0.337 e. The highest BCUT2D eigenvalue weighted by atomic mass is 16.4. The maximum absolute atomic E-state index is 12.8. The Morgan fingerprint density at radius 2 is 1.83 bits per heavy atom. The molecule has 1 N–H and O–H groups in total. The minimum Gasteiger partial charge on any atom is -0.478 e. The third-order valence-electron chi connectivity index (χ3n) is 4.78. The van der Waals surface area contributed by atoms with Gasteiger partial charge in [0.25, 0.3) is 5.91 Å². The molecule has 1 aliphatic rings. The van der Waals surface area contributed by atoms with Crippen molar-refractivity contribution in [3.05, 3.63) is 65.5 Å². The molecular formula is C19H20N2O3. The second-order valence-corrected chi connectivity index (χ2v) is 6.29. The molecule has 0 spiro atoms. The van der Waals surface area contributed by atoms with Crippen molar-refractivity contribution in [2.45, 2.75) is 38.3 Å². The van der Waals surface area contributed by atoms with Crippen LogP contribution >= 0.6 is 0 Å². The normalized spacial score (nSPS) is 23.2. The van der Waals surface area contributed by atoms with Gasteiger partial charge in [-0.1, -0.05) is 30.3 Å². The van der Waals surface area contributed by atoms with Crippen LogP contribution in [0.5, 0.6) is 0 Å². The van der Waals surface area contributed by atoms with Crippen molar-refractivity contribution in [3.63, 3.8) is 0 Å². The molecule has 5 heteroatoms. The predicted molar refractivity (Wildman–Crippen MR) is 90.1 cm³/mol. The molecule has 0 radical (unpaired) electrons. The Hall–Kier alpha value is -2.69. The lowest BCUT2D eigenvalue weighted by atomic mass is 9.92. The lowest BCUT2D eigenvalue weighted by molar-refractivity contribution is 0.0671. The average Bonchev–Trinajstić information content (AvgIpc) is 2.89. The van der Waals surface area contributed by atoms with Crippen molar-refractivity contribution < 1.29 is 14.7 Å². The molecule has 24 heavy (non-hydrogen) atoms. The number of carbonyl (C=O) groups excluding carboxylic acids is 1. The topological polar surface area (TPSA) is 70.5 Å². The molecule has 1 amide bonds. The van der Waals surface area contributed by atoms with Crippen molar-refractivity contribution >= 4 is 11.9 Å². The average molecular weight is 324 g/mol. The van der Waals surface area contributed by atoms with Gasteiger partial charge in [0, 0.05) is 24.2 Å². The molecule has 0 bridgehead atoms. The zero-order valence-corrected chi connectivity index (χ0v) is 13.7. The molecule has 0 aliphatic carbocycles. The summed E-state index contributed by atoms with van der Waals surface area (Å²) in [5, 5.41) is 8.94. The Bertz CT molecular complexity index is 743. The van der Waals surface area contributed by atoms with Gasteiger partial charge in [-0.05, 0) is 38.0 Å². The molecule has 0 saturated carbocycles. The van der Waals surface area contributed by atoms with Crippen LogP contribution in [0.3, 0.4) is 0 Å². The minimum absolute atomic E-state index is 0.0656. The number of carbonyl (C=O) groups is 2. The number of nitrogens with zero attached hydrogens (tertiary/aromatic N) is 2. The van der Waals surface area contributed by atoms with E-state index in [1.807, 2.05) is 30.0 Å². The number of hydrogen-bond acceptors (Lipinski definition) is 3. The molecule has 1 aromatic carbocycles. The Kier molecular flexibility index (Phi) is 4.34. The van der Waals surface area contributed by atoms with Gasteiger partial charge in [-0.25, -0.2) is 4.79 Å². The van der Waals surface area contributed by atoms with Crippen molar-refractivity contribution in [1.82, 2.24) is 9.88 Å². The van der Waals surface area contributed by atoms with Crippen LogP contribution in [0, 0.1) is 0 Å². The van der Waals surface area contributed by atoms with E-state index in [2.05, 4.69) is 24.0 Å². The number of amides is 1. The summed E-state index contributed by atoms with van der Waals surface area (Å²) in [4.78, 5) is 29.6. The Morgan fingerprint density at radius 1 is 1.12 bits per heavy atom. The first kappa shape index (κ1) is 16.2. The van der Waals surface area contributed by atoms with Crippen LogP contribution in [0.25, 0.3) is 0 Å². The van der Waals surface area contributed by atoms with Gasteiger partial charge in [0.1, 0.15) is 5.69 Å². The van der Waals surface area contributed by atoms with Crippen LogP contribution in [0.2, 0.25) is 0 Å². The molecule has 3 atom stereocenters. The van der Waals surface area contributed by atoms with Crippen molar-refractivity contribution in [2.75, 3.05) is 0 Å². The standard InChI is InChI=1S/C19H20N2O3/c1-12-10-16(14-6-4-3-5-7-14)13(2)21(12)18(22)17-9-8-15(11-20-17)19(23)24/h3-9,11-13,16H,10H2,1-2H3,(H,23,24). The van der Waals surface area contributed by atoms with E-state index < -0.39 is 5.97 Å². The van der Waals surface area contributed by atoms with E-state index in [4.69, 9.17) is 5.11 Å². The molecular weight excluding hydrogens is 304 g/mol. The van der Waals surface area contributed by atoms with Crippen molar-refractivity contribution in [1.29, 1.82) is 0 Å². The number of aromatic nitrogens is 1. The number of aromatic carboxylic acids is 1. The summed E-state index contributed by atoms with van der Waals surface area (Å²) in [6, 6.07) is 13.3. The minimum atomic E-state index is -1.05. The summed E-state index contributed by atoms with van der Waals surface area (Å²) in [6.07, 6.45) is 2.14. The molecule has 1 aliphatic heterocycles. The zero-order chi connectivity index (χ0) is 17.3. The summed E-state index contributed by atoms with van der Waals surface area (Å²) >= 11 is 0. The Labute approximate surface area is 140 Å². The van der Waals surface area contributed by atoms with Crippen LogP contribution in [0.4, 0.5) is 0 Å². The summed E-state index contributed by atoms with van der Waals surface area (Å²) in [5.74, 6) is -0.901. The molecule has 1 fully saturated rings. The molecule has 2 heterocycles. The second-order valence-electron chi connectivity index (χ2n) is 6.29. The van der Waals surface area contributed by atoms with Crippen LogP contribution in [0.1, 0.15) is 52.6 Å². The predicted octanol–water partition coefficient (Wildman–Crippen LogP) is 3.19. The van der Waals surface area contributed by atoms with Gasteiger partial charge in [0.2, 0.25) is 0 Å². The lowest BCUT2D eigenvalue weighted by Gasteiger charge is -2.27. The lowest BCUT2D eigenvalue weighted by Crippen LogP contribution is -2.39. The SMILES string of the molecule is CC1CC(c2ccccc2)C(C)N1C(=O)c1ccc(C(=O)O)cn1. The number of benzene rings is 1. The molecule has 1 aromatic heterocycles. The maximum atomic E-state index is 12.8. The first-order valence-electron chi connectivity index (χ1n) is 8.06. The van der Waals surface area contributed by atoms with E-state index in [0.29, 0.717) is 5.92 Å². The van der Waals surface area contributed by atoms with E-state index in [0.717, 1.165) is 6.42 Å². The fourth-order valence-corrected chi connectivity index (χ4v) is 3.55. The van der Waals surface area contributed by atoms with Crippen molar-refractivity contribution in [2.24, 2.45) is 0 Å². The van der Waals surface area contributed by atoms with Crippen LogP contribution in [0.15, 0.2) is 48.7 Å². The Balaban J connectivity index is 1.83. The van der Waals surface area contributed by atoms with Gasteiger partial charge >= 0.3 is 5.97 Å². The van der Waals surface area contributed by atoms with E-state index in [-0.39, 0.29) is 29.2 Å². The van der Waals surface area contributed by atoms with Gasteiger partial charge in [0.05, 0.1) is 5.56 Å². The van der Waals surface area contributed by atoms with Gasteiger partial charge < -0.3 is 10.0 Å². The number of pyridine rings is 1. The zero-order valence-electron chi connectivity index (χ0n) is 13.7. The number of hydrogen-bond donors (Lipinski definition) is 1. The Morgan fingerprint density at radius 3 is 2.42 bits per heavy atom. The quantitative estimate of drug-likeness (QED) is 0.941. The van der Waals surface area contributed by atoms with E-state index in [1.165, 1.54) is 23.9 Å². The summed E-state index contributed by atoms with van der Waals surface area (Å²) in [6.45, 7) is 4.10. The molecule has 3 unspecified atom stereocenters. The van der Waals surface area contributed by atoms with Crippen LogP contribution in [-0.4, -0.2) is 39.0 Å². The third-order valence-corrected chi connectivity index (χ3v) is 4.78. The van der Waals surface area contributed by atoms with Gasteiger partial charge in [-0.2, -0.15) is 0 Å². The summed E-state index contributed by atoms with van der Waals surface area (Å²) < 4.78 is 0. The van der Waals surface area contributed by atoms with Crippen molar-refractivity contribution in [3.8, 4) is 0 Å². The van der Waals surface area contributed by atoms with Gasteiger partial charge in [-0.3, -0.25) is 9.78 Å². The molecule has 2 aromatic rings. The highest BCUT2D eigenvalue weighted by Crippen LogP contribution is 2.37. The largest absolute Gasteiger partial charge is 0.478 e. The molecule has 3 rings (SSSR count). The second kappa shape index (κ2) is 6.43. The summed E-state index contributed by atoms with van der Waals surface area (Å²) in [5.41, 5.74) is 1.60. The fraction of sp³-hybridized carbons (Fsp3) is 0.316. The van der Waals surface area contributed by atoms with Gasteiger partial charge in [0.15, 0.2) is 0 Å². The first-order chi connectivity index (χ1) is 11.5. The van der Waals surface area contributed by atoms with Gasteiger partial charge in [-0.15, -0.1) is 0 Å². The molecule has 1 saturated heterocycles. The highest BCUT2D eigenvalue weighted by Gasteiger charge is 2.40. The monoisotopic (exact) mass is 324 g/mol. The number of carboxylic acids is 1. The highest BCUT2D eigenvalue weighted by molar-refractivity contribution is 5.94. The molecule has 124 valence electrons. The maximum Gasteiger partial charge on any atom is 0.337 e.